The van der Waals surface area contributed by atoms with Gasteiger partial charge in [-0.1, -0.05) is 36.0 Å². The van der Waals surface area contributed by atoms with Crippen LogP contribution in [0.5, 0.6) is 0 Å². The van der Waals surface area contributed by atoms with E-state index in [0.29, 0.717) is 12.0 Å². The van der Waals surface area contributed by atoms with Crippen LogP contribution in [0.3, 0.4) is 0 Å². The lowest BCUT2D eigenvalue weighted by Crippen LogP contribution is -2.41. The molecule has 3 rings (SSSR count). The molecule has 126 valence electrons. The standard InChI is InChI=1S/C19H20O4S/c1-12(20)19(22-2,23-3)14-8-9-17-13(10-14)11-16(21)15-6-4-5-7-18(15)24-17/h4-10,12,20H,11H2,1-3H3. The summed E-state index contributed by atoms with van der Waals surface area (Å²) in [6.07, 6.45) is -0.548. The molecule has 0 saturated heterocycles. The first-order chi connectivity index (χ1) is 11.5. The number of Topliss-reactive ketones (excluding diaryl/α,β-unsaturated/α-hetero) is 1. The van der Waals surface area contributed by atoms with Crippen LogP contribution < -0.4 is 0 Å². The molecule has 1 unspecified atom stereocenters. The molecule has 0 amide bonds. The Kier molecular flexibility index (Phi) is 4.78. The average molecular weight is 344 g/mol. The van der Waals surface area contributed by atoms with Crippen LogP contribution in [0.25, 0.3) is 0 Å². The lowest BCUT2D eigenvalue weighted by atomic mass is 9.95. The fourth-order valence-corrected chi connectivity index (χ4v) is 4.18. The van der Waals surface area contributed by atoms with Gasteiger partial charge in [-0.25, -0.2) is 0 Å². The molecule has 0 saturated carbocycles. The minimum atomic E-state index is -1.25. The molecule has 0 aliphatic carbocycles. The maximum absolute atomic E-state index is 12.6. The molecule has 24 heavy (non-hydrogen) atoms. The Morgan fingerprint density at radius 2 is 1.83 bits per heavy atom. The number of fused-ring (bicyclic) bond motifs is 2. The number of benzene rings is 2. The third kappa shape index (κ3) is 2.78. The van der Waals surface area contributed by atoms with E-state index in [1.807, 2.05) is 42.5 Å². The minimum absolute atomic E-state index is 0.0893. The molecular formula is C19H20O4S. The van der Waals surface area contributed by atoms with E-state index in [1.54, 1.807) is 18.7 Å². The van der Waals surface area contributed by atoms with Crippen molar-refractivity contribution in [2.24, 2.45) is 0 Å². The minimum Gasteiger partial charge on any atom is -0.387 e. The Balaban J connectivity index is 2.07. The van der Waals surface area contributed by atoms with E-state index >= 15 is 0 Å². The second kappa shape index (κ2) is 6.69. The van der Waals surface area contributed by atoms with Crippen LogP contribution >= 0.6 is 11.8 Å². The lowest BCUT2D eigenvalue weighted by molar-refractivity contribution is -0.264. The Morgan fingerprint density at radius 3 is 2.50 bits per heavy atom. The normalized spacial score (nSPS) is 15.4. The van der Waals surface area contributed by atoms with Gasteiger partial charge in [0.15, 0.2) is 5.78 Å². The lowest BCUT2D eigenvalue weighted by Gasteiger charge is -2.34. The SMILES string of the molecule is COC(OC)(c1ccc2c(c1)CC(=O)c1ccccc1S2)C(C)O. The highest BCUT2D eigenvalue weighted by molar-refractivity contribution is 7.99. The van der Waals surface area contributed by atoms with Gasteiger partial charge < -0.3 is 14.6 Å². The average Bonchev–Trinajstić information content (AvgIpc) is 2.72. The van der Waals surface area contributed by atoms with Gasteiger partial charge in [-0.15, -0.1) is 0 Å². The highest BCUT2D eigenvalue weighted by atomic mass is 32.2. The van der Waals surface area contributed by atoms with Gasteiger partial charge in [0.2, 0.25) is 5.79 Å². The van der Waals surface area contributed by atoms with Gasteiger partial charge in [-0.2, -0.15) is 0 Å². The number of carbonyl (C=O) groups is 1. The van der Waals surface area contributed by atoms with Gasteiger partial charge >= 0.3 is 0 Å². The smallest absolute Gasteiger partial charge is 0.221 e. The summed E-state index contributed by atoms with van der Waals surface area (Å²) in [5.41, 5.74) is 2.36. The number of hydrogen-bond acceptors (Lipinski definition) is 5. The van der Waals surface area contributed by atoms with Crippen molar-refractivity contribution in [2.45, 2.75) is 35.0 Å². The molecule has 2 aromatic rings. The summed E-state index contributed by atoms with van der Waals surface area (Å²) in [4.78, 5) is 14.6. The molecule has 2 aromatic carbocycles. The number of carbonyl (C=O) groups excluding carboxylic acids is 1. The van der Waals surface area contributed by atoms with E-state index < -0.39 is 11.9 Å². The Hall–Kier alpha value is -1.66. The predicted octanol–water partition coefficient (Wildman–Crippen LogP) is 3.40. The van der Waals surface area contributed by atoms with E-state index in [1.165, 1.54) is 14.2 Å². The van der Waals surface area contributed by atoms with Crippen molar-refractivity contribution in [1.82, 2.24) is 0 Å². The largest absolute Gasteiger partial charge is 0.387 e. The quantitative estimate of drug-likeness (QED) is 0.862. The van der Waals surface area contributed by atoms with Crippen molar-refractivity contribution in [3.63, 3.8) is 0 Å². The van der Waals surface area contributed by atoms with Crippen molar-refractivity contribution in [1.29, 1.82) is 0 Å². The van der Waals surface area contributed by atoms with Crippen molar-refractivity contribution < 1.29 is 19.4 Å². The molecule has 0 aromatic heterocycles. The second-order valence-electron chi connectivity index (χ2n) is 5.77. The highest BCUT2D eigenvalue weighted by Gasteiger charge is 2.38. The fourth-order valence-electron chi connectivity index (χ4n) is 3.11. The first-order valence-electron chi connectivity index (χ1n) is 7.73. The topological polar surface area (TPSA) is 55.8 Å². The van der Waals surface area contributed by atoms with Crippen LogP contribution in [-0.4, -0.2) is 31.2 Å². The summed E-state index contributed by atoms with van der Waals surface area (Å²) < 4.78 is 11.0. The highest BCUT2D eigenvalue weighted by Crippen LogP contribution is 2.39. The molecule has 0 bridgehead atoms. The van der Waals surface area contributed by atoms with Crippen LogP contribution in [0, 0.1) is 0 Å². The van der Waals surface area contributed by atoms with E-state index in [2.05, 4.69) is 0 Å². The zero-order valence-electron chi connectivity index (χ0n) is 13.9. The van der Waals surface area contributed by atoms with Crippen molar-refractivity contribution in [2.75, 3.05) is 14.2 Å². The summed E-state index contributed by atoms with van der Waals surface area (Å²) in [6, 6.07) is 13.4. The van der Waals surface area contributed by atoms with E-state index in [-0.39, 0.29) is 5.78 Å². The van der Waals surface area contributed by atoms with Gasteiger partial charge in [-0.3, -0.25) is 4.79 Å². The maximum atomic E-state index is 12.6. The monoisotopic (exact) mass is 344 g/mol. The summed E-state index contributed by atoms with van der Waals surface area (Å²) in [5, 5.41) is 10.1. The summed E-state index contributed by atoms with van der Waals surface area (Å²) in [5.74, 6) is -1.16. The Labute approximate surface area is 145 Å². The molecule has 1 atom stereocenters. The molecule has 1 aliphatic rings. The number of ketones is 1. The Bertz CT molecular complexity index is 766. The zero-order chi connectivity index (χ0) is 17.3. The van der Waals surface area contributed by atoms with Crippen LogP contribution in [0.4, 0.5) is 0 Å². The van der Waals surface area contributed by atoms with Gasteiger partial charge in [-0.05, 0) is 30.7 Å². The van der Waals surface area contributed by atoms with E-state index in [0.717, 1.165) is 20.9 Å². The zero-order valence-corrected chi connectivity index (χ0v) is 14.7. The molecule has 0 radical (unpaired) electrons. The molecule has 1 aliphatic heterocycles. The van der Waals surface area contributed by atoms with E-state index in [9.17, 15) is 9.90 Å². The number of hydrogen-bond donors (Lipinski definition) is 1. The molecule has 4 nitrogen and oxygen atoms in total. The predicted molar refractivity (Wildman–Crippen MR) is 92.4 cm³/mol. The van der Waals surface area contributed by atoms with Crippen LogP contribution in [-0.2, 0) is 21.7 Å². The third-order valence-corrected chi connectivity index (χ3v) is 5.57. The molecule has 0 spiro atoms. The summed E-state index contributed by atoms with van der Waals surface area (Å²) in [6.45, 7) is 1.62. The van der Waals surface area contributed by atoms with Crippen molar-refractivity contribution in [3.8, 4) is 0 Å². The van der Waals surface area contributed by atoms with Crippen LogP contribution in [0.2, 0.25) is 0 Å². The molecule has 0 fully saturated rings. The third-order valence-electron chi connectivity index (χ3n) is 4.38. The Morgan fingerprint density at radius 1 is 1.12 bits per heavy atom. The van der Waals surface area contributed by atoms with Crippen LogP contribution in [0.15, 0.2) is 52.3 Å². The van der Waals surface area contributed by atoms with Crippen molar-refractivity contribution in [3.05, 3.63) is 59.2 Å². The molecule has 1 N–H and O–H groups in total. The number of aliphatic hydroxyl groups excluding tert-OH is 1. The molecule has 5 heteroatoms. The van der Waals surface area contributed by atoms with Gasteiger partial charge in [0.1, 0.15) is 6.10 Å². The summed E-state index contributed by atoms with van der Waals surface area (Å²) >= 11 is 1.59. The fraction of sp³-hybridized carbons (Fsp3) is 0.316. The number of aliphatic hydroxyl groups is 1. The van der Waals surface area contributed by atoms with Crippen molar-refractivity contribution >= 4 is 17.5 Å². The van der Waals surface area contributed by atoms with E-state index in [4.69, 9.17) is 9.47 Å². The first kappa shape index (κ1) is 17.2. The van der Waals surface area contributed by atoms with Gasteiger partial charge in [0.25, 0.3) is 0 Å². The maximum Gasteiger partial charge on any atom is 0.221 e. The van der Waals surface area contributed by atoms with Gasteiger partial charge in [0.05, 0.1) is 0 Å². The van der Waals surface area contributed by atoms with Crippen LogP contribution in [0.1, 0.15) is 28.4 Å². The molecular weight excluding hydrogens is 324 g/mol. The first-order valence-corrected chi connectivity index (χ1v) is 8.55. The number of ether oxygens (including phenoxy) is 2. The number of rotatable bonds is 4. The molecule has 1 heterocycles. The van der Waals surface area contributed by atoms with Gasteiger partial charge in [0, 0.05) is 41.6 Å². The number of methoxy groups -OCH3 is 2. The summed E-state index contributed by atoms with van der Waals surface area (Å²) in [7, 11) is 3.00. The second-order valence-corrected chi connectivity index (χ2v) is 6.86.